The van der Waals surface area contributed by atoms with Gasteiger partial charge in [0.15, 0.2) is 10.8 Å². The van der Waals surface area contributed by atoms with Crippen LogP contribution in [0.1, 0.15) is 31.9 Å². The average Bonchev–Trinajstić information content (AvgIpc) is 2.92. The van der Waals surface area contributed by atoms with Gasteiger partial charge in [0.2, 0.25) is 0 Å². The molecule has 18 heavy (non-hydrogen) atoms. The van der Waals surface area contributed by atoms with Gasteiger partial charge >= 0.3 is 0 Å². The fourth-order valence-corrected chi connectivity index (χ4v) is 2.89. The first kappa shape index (κ1) is 13.4. The number of rotatable bonds is 7. The Morgan fingerprint density at radius 1 is 1.44 bits per heavy atom. The Hall–Kier alpha value is -1.07. The van der Waals surface area contributed by atoms with Gasteiger partial charge in [-0.05, 0) is 13.5 Å². The summed E-state index contributed by atoms with van der Waals surface area (Å²) in [6, 6.07) is 0. The van der Waals surface area contributed by atoms with Crippen LogP contribution in [0.3, 0.4) is 0 Å². The minimum atomic E-state index is 0.853. The van der Waals surface area contributed by atoms with Crippen molar-refractivity contribution in [3.8, 4) is 0 Å². The van der Waals surface area contributed by atoms with Crippen LogP contribution in [0.2, 0.25) is 0 Å². The molecule has 0 aliphatic carbocycles. The third kappa shape index (κ3) is 2.67. The van der Waals surface area contributed by atoms with Crippen LogP contribution in [-0.4, -0.2) is 30.0 Å². The summed E-state index contributed by atoms with van der Waals surface area (Å²) in [7, 11) is 4.12. The molecule has 0 spiro atoms. The minimum absolute atomic E-state index is 0.853. The second-order valence-electron chi connectivity index (χ2n) is 4.60. The van der Waals surface area contributed by atoms with Gasteiger partial charge in [-0.3, -0.25) is 4.40 Å². The van der Waals surface area contributed by atoms with E-state index in [2.05, 4.69) is 40.2 Å². The van der Waals surface area contributed by atoms with E-state index in [4.69, 9.17) is 4.98 Å². The highest BCUT2D eigenvalue weighted by atomic mass is 32.1. The molecule has 2 rings (SSSR count). The van der Waals surface area contributed by atoms with Crippen molar-refractivity contribution in [1.82, 2.24) is 14.7 Å². The van der Waals surface area contributed by atoms with E-state index in [0.29, 0.717) is 0 Å². The van der Waals surface area contributed by atoms with Gasteiger partial charge in [-0.15, -0.1) is 11.3 Å². The molecule has 4 nitrogen and oxygen atoms in total. The first-order chi connectivity index (χ1) is 8.77. The predicted octanol–water partition coefficient (Wildman–Crippen LogP) is 2.74. The van der Waals surface area contributed by atoms with E-state index in [-0.39, 0.29) is 0 Å². The fraction of sp³-hybridized carbons (Fsp3) is 0.615. The Balaban J connectivity index is 2.19. The summed E-state index contributed by atoms with van der Waals surface area (Å²) in [4.78, 5) is 8.10. The first-order valence-electron chi connectivity index (χ1n) is 6.58. The fourth-order valence-electron chi connectivity index (χ4n) is 2.16. The number of hydrogen-bond donors (Lipinski definition) is 1. The van der Waals surface area contributed by atoms with Crippen LogP contribution >= 0.6 is 11.3 Å². The predicted molar refractivity (Wildman–Crippen MR) is 78.6 cm³/mol. The van der Waals surface area contributed by atoms with E-state index in [0.717, 1.165) is 23.9 Å². The molecule has 2 aromatic heterocycles. The lowest BCUT2D eigenvalue weighted by atomic mass is 10.2. The molecule has 0 radical (unpaired) electrons. The highest BCUT2D eigenvalue weighted by Gasteiger charge is 2.15. The highest BCUT2D eigenvalue weighted by molar-refractivity contribution is 7.15. The third-order valence-corrected chi connectivity index (χ3v) is 3.90. The Morgan fingerprint density at radius 3 is 3.00 bits per heavy atom. The molecule has 0 aromatic carbocycles. The molecule has 0 saturated heterocycles. The number of nitrogens with one attached hydrogen (secondary N) is 1. The number of aromatic nitrogens is 2. The van der Waals surface area contributed by atoms with Crippen molar-refractivity contribution in [2.75, 3.05) is 25.5 Å². The molecule has 0 aliphatic heterocycles. The van der Waals surface area contributed by atoms with Crippen molar-refractivity contribution in [3.63, 3.8) is 0 Å². The monoisotopic (exact) mass is 266 g/mol. The van der Waals surface area contributed by atoms with Crippen LogP contribution in [0.25, 0.3) is 4.96 Å². The molecule has 2 aromatic rings. The summed E-state index contributed by atoms with van der Waals surface area (Å²) in [6.07, 6.45) is 5.88. The number of imidazole rings is 1. The zero-order valence-electron chi connectivity index (χ0n) is 11.4. The molecule has 1 N–H and O–H groups in total. The van der Waals surface area contributed by atoms with E-state index >= 15 is 0 Å². The molecule has 0 fully saturated rings. The summed E-state index contributed by atoms with van der Waals surface area (Å²) >= 11 is 1.69. The maximum absolute atomic E-state index is 4.74. The molecular weight excluding hydrogens is 244 g/mol. The van der Waals surface area contributed by atoms with Crippen LogP contribution in [-0.2, 0) is 6.54 Å². The lowest BCUT2D eigenvalue weighted by Crippen LogP contribution is -2.21. The van der Waals surface area contributed by atoms with Gasteiger partial charge in [-0.25, -0.2) is 4.98 Å². The number of nitrogens with zero attached hydrogens (tertiary/aromatic N) is 3. The van der Waals surface area contributed by atoms with Gasteiger partial charge in [0.05, 0.1) is 5.69 Å². The third-order valence-electron chi connectivity index (χ3n) is 3.14. The molecule has 0 saturated carbocycles. The standard InChI is InChI=1S/C13H22N4S/c1-4-5-6-7-16(3)12-11(10-14-2)17-8-9-18-13(17)15-12/h8-9,14H,4-7,10H2,1-3H3. The van der Waals surface area contributed by atoms with E-state index in [1.807, 2.05) is 7.05 Å². The Kier molecular flexibility index (Phi) is 4.60. The Bertz CT molecular complexity index is 488. The first-order valence-corrected chi connectivity index (χ1v) is 7.46. The molecule has 100 valence electrons. The van der Waals surface area contributed by atoms with E-state index in [1.54, 1.807) is 11.3 Å². The highest BCUT2D eigenvalue weighted by Crippen LogP contribution is 2.24. The molecule has 0 aliphatic rings. The largest absolute Gasteiger partial charge is 0.358 e. The number of hydrogen-bond acceptors (Lipinski definition) is 4. The van der Waals surface area contributed by atoms with E-state index < -0.39 is 0 Å². The molecule has 0 unspecified atom stereocenters. The molecule has 0 bridgehead atoms. The van der Waals surface area contributed by atoms with Crippen molar-refractivity contribution in [2.24, 2.45) is 0 Å². The van der Waals surface area contributed by atoms with Gasteiger partial charge in [0, 0.05) is 31.7 Å². The zero-order chi connectivity index (χ0) is 13.0. The molecule has 0 atom stereocenters. The molecule has 5 heteroatoms. The van der Waals surface area contributed by atoms with Gasteiger partial charge in [0.1, 0.15) is 0 Å². The molecule has 0 amide bonds. The van der Waals surface area contributed by atoms with Crippen LogP contribution in [0.4, 0.5) is 5.82 Å². The van der Waals surface area contributed by atoms with Crippen LogP contribution < -0.4 is 10.2 Å². The summed E-state index contributed by atoms with van der Waals surface area (Å²) < 4.78 is 2.19. The number of thiazole rings is 1. The average molecular weight is 266 g/mol. The smallest absolute Gasteiger partial charge is 0.195 e. The Labute approximate surface area is 113 Å². The van der Waals surface area contributed by atoms with Gasteiger partial charge in [-0.1, -0.05) is 19.8 Å². The second kappa shape index (κ2) is 6.20. The normalized spacial score (nSPS) is 11.3. The van der Waals surface area contributed by atoms with Crippen LogP contribution in [0, 0.1) is 0 Å². The lowest BCUT2D eigenvalue weighted by molar-refractivity contribution is 0.696. The van der Waals surface area contributed by atoms with Gasteiger partial charge < -0.3 is 10.2 Å². The van der Waals surface area contributed by atoms with E-state index in [9.17, 15) is 0 Å². The van der Waals surface area contributed by atoms with Crippen molar-refractivity contribution in [1.29, 1.82) is 0 Å². The van der Waals surface area contributed by atoms with Crippen molar-refractivity contribution < 1.29 is 0 Å². The maximum atomic E-state index is 4.74. The summed E-state index contributed by atoms with van der Waals surface area (Å²) in [5.41, 5.74) is 1.26. The topological polar surface area (TPSA) is 32.6 Å². The zero-order valence-corrected chi connectivity index (χ0v) is 12.3. The second-order valence-corrected chi connectivity index (χ2v) is 5.47. The quantitative estimate of drug-likeness (QED) is 0.782. The number of fused-ring (bicyclic) bond motifs is 1. The van der Waals surface area contributed by atoms with Crippen molar-refractivity contribution >= 4 is 22.1 Å². The molecule has 2 heterocycles. The summed E-state index contributed by atoms with van der Waals surface area (Å²) in [5.74, 6) is 1.12. The van der Waals surface area contributed by atoms with Crippen molar-refractivity contribution in [2.45, 2.75) is 32.7 Å². The summed E-state index contributed by atoms with van der Waals surface area (Å²) in [5, 5.41) is 5.32. The number of unbranched alkanes of at least 4 members (excludes halogenated alkanes) is 2. The Morgan fingerprint density at radius 2 is 2.28 bits per heavy atom. The van der Waals surface area contributed by atoms with E-state index in [1.165, 1.54) is 25.0 Å². The molecular formula is C13H22N4S. The van der Waals surface area contributed by atoms with Gasteiger partial charge in [0.25, 0.3) is 0 Å². The summed E-state index contributed by atoms with van der Waals surface area (Å²) in [6.45, 7) is 4.17. The lowest BCUT2D eigenvalue weighted by Gasteiger charge is -2.18. The maximum Gasteiger partial charge on any atom is 0.195 e. The number of anilines is 1. The van der Waals surface area contributed by atoms with Crippen LogP contribution in [0.15, 0.2) is 11.6 Å². The minimum Gasteiger partial charge on any atom is -0.358 e. The van der Waals surface area contributed by atoms with Gasteiger partial charge in [-0.2, -0.15) is 0 Å². The van der Waals surface area contributed by atoms with Crippen LogP contribution in [0.5, 0.6) is 0 Å². The van der Waals surface area contributed by atoms with Crippen molar-refractivity contribution in [3.05, 3.63) is 17.3 Å². The SMILES string of the molecule is CCCCCN(C)c1nc2sccn2c1CNC.